The van der Waals surface area contributed by atoms with Gasteiger partial charge in [-0.15, -0.1) is 0 Å². The van der Waals surface area contributed by atoms with E-state index in [0.717, 1.165) is 16.6 Å². The van der Waals surface area contributed by atoms with Gasteiger partial charge in [0.15, 0.2) is 0 Å². The zero-order valence-electron chi connectivity index (χ0n) is 11.5. The summed E-state index contributed by atoms with van der Waals surface area (Å²) in [7, 11) is 0. The Morgan fingerprint density at radius 3 is 2.63 bits per heavy atom. The third-order valence-corrected chi connectivity index (χ3v) is 3.34. The zero-order chi connectivity index (χ0) is 14.3. The minimum Gasteiger partial charge on any atom is -0.480 e. The molecule has 6 heteroatoms. The van der Waals surface area contributed by atoms with Gasteiger partial charge < -0.3 is 5.11 Å². The maximum atomic E-state index is 12.1. The minimum atomic E-state index is -1.03. The van der Waals surface area contributed by atoms with Crippen molar-refractivity contribution in [3.8, 4) is 0 Å². The van der Waals surface area contributed by atoms with Crippen LogP contribution >= 0.6 is 0 Å². The molecule has 102 valence electrons. The molecule has 2 aromatic rings. The highest BCUT2D eigenvalue weighted by Gasteiger charge is 2.22. The van der Waals surface area contributed by atoms with Crippen LogP contribution in [0.15, 0.2) is 10.9 Å². The number of aryl methyl sites for hydroxylation is 3. The van der Waals surface area contributed by atoms with Gasteiger partial charge in [-0.3, -0.25) is 9.36 Å². The number of rotatable bonds is 3. The van der Waals surface area contributed by atoms with Crippen LogP contribution in [0.5, 0.6) is 0 Å². The van der Waals surface area contributed by atoms with E-state index in [1.807, 2.05) is 20.8 Å². The summed E-state index contributed by atoms with van der Waals surface area (Å²) in [6.07, 6.45) is 0. The van der Waals surface area contributed by atoms with Crippen molar-refractivity contribution in [2.24, 2.45) is 0 Å². The van der Waals surface area contributed by atoms with E-state index >= 15 is 0 Å². The number of carbonyl (C=O) groups is 1. The van der Waals surface area contributed by atoms with Gasteiger partial charge in [0, 0.05) is 18.0 Å². The summed E-state index contributed by atoms with van der Waals surface area (Å²) in [4.78, 5) is 23.3. The van der Waals surface area contributed by atoms with Crippen molar-refractivity contribution < 1.29 is 9.90 Å². The van der Waals surface area contributed by atoms with Crippen LogP contribution in [0.3, 0.4) is 0 Å². The largest absolute Gasteiger partial charge is 0.480 e. The molecule has 0 amide bonds. The van der Waals surface area contributed by atoms with Crippen LogP contribution in [0.4, 0.5) is 0 Å². The fourth-order valence-corrected chi connectivity index (χ4v) is 2.41. The number of carboxylic acid groups (broad SMARTS) is 1. The molecule has 0 spiro atoms. The number of fused-ring (bicyclic) bond motifs is 1. The van der Waals surface area contributed by atoms with Crippen molar-refractivity contribution in [1.82, 2.24) is 14.3 Å². The van der Waals surface area contributed by atoms with Gasteiger partial charge in [0.2, 0.25) is 0 Å². The molecule has 0 saturated carbocycles. The summed E-state index contributed by atoms with van der Waals surface area (Å²) in [5, 5.41) is 14.4. The fourth-order valence-electron chi connectivity index (χ4n) is 2.41. The van der Waals surface area contributed by atoms with Crippen LogP contribution in [0.1, 0.15) is 31.1 Å². The van der Waals surface area contributed by atoms with E-state index in [1.165, 1.54) is 17.6 Å². The zero-order valence-corrected chi connectivity index (χ0v) is 11.5. The van der Waals surface area contributed by atoms with Gasteiger partial charge in [-0.05, 0) is 33.3 Å². The minimum absolute atomic E-state index is 0.311. The number of nitrogens with zero attached hydrogens (tertiary/aromatic N) is 3. The smallest absolute Gasteiger partial charge is 0.326 e. The summed E-state index contributed by atoms with van der Waals surface area (Å²) in [6.45, 7) is 7.70. The molecule has 0 radical (unpaired) electrons. The molecule has 0 bridgehead atoms. The molecule has 0 aliphatic rings. The van der Waals surface area contributed by atoms with Crippen molar-refractivity contribution in [3.05, 3.63) is 27.7 Å². The van der Waals surface area contributed by atoms with Crippen molar-refractivity contribution in [1.29, 1.82) is 0 Å². The fraction of sp³-hybridized carbons (Fsp3) is 0.462. The number of pyridine rings is 1. The maximum Gasteiger partial charge on any atom is 0.326 e. The first-order valence-electron chi connectivity index (χ1n) is 6.20. The molecule has 0 fully saturated rings. The van der Waals surface area contributed by atoms with Crippen LogP contribution in [0, 0.1) is 13.8 Å². The van der Waals surface area contributed by atoms with Gasteiger partial charge in [-0.25, -0.2) is 9.48 Å². The Hall–Kier alpha value is -2.11. The highest BCUT2D eigenvalue weighted by atomic mass is 16.4. The van der Waals surface area contributed by atoms with E-state index < -0.39 is 12.0 Å². The number of hydrogen-bond acceptors (Lipinski definition) is 3. The van der Waals surface area contributed by atoms with Crippen molar-refractivity contribution in [3.63, 3.8) is 0 Å². The Kier molecular flexibility index (Phi) is 3.18. The Bertz CT molecular complexity index is 712. The third kappa shape index (κ3) is 1.93. The van der Waals surface area contributed by atoms with Crippen LogP contribution in [0.2, 0.25) is 0 Å². The number of aliphatic carboxylic acids is 1. The molecular weight excluding hydrogens is 246 g/mol. The van der Waals surface area contributed by atoms with E-state index in [4.69, 9.17) is 5.11 Å². The monoisotopic (exact) mass is 263 g/mol. The maximum absolute atomic E-state index is 12.1. The highest BCUT2D eigenvalue weighted by Crippen LogP contribution is 2.22. The normalized spacial score (nSPS) is 12.8. The molecule has 0 saturated heterocycles. The van der Waals surface area contributed by atoms with Gasteiger partial charge in [-0.1, -0.05) is 0 Å². The van der Waals surface area contributed by atoms with Crippen LogP contribution in [-0.4, -0.2) is 25.4 Å². The first-order valence-corrected chi connectivity index (χ1v) is 6.20. The molecule has 2 rings (SSSR count). The van der Waals surface area contributed by atoms with Crippen molar-refractivity contribution in [2.45, 2.75) is 40.3 Å². The first kappa shape index (κ1) is 13.3. The van der Waals surface area contributed by atoms with Gasteiger partial charge in [-0.2, -0.15) is 5.10 Å². The van der Waals surface area contributed by atoms with E-state index in [1.54, 1.807) is 4.68 Å². The second-order valence-electron chi connectivity index (χ2n) is 4.65. The lowest BCUT2D eigenvalue weighted by atomic mass is 10.1. The van der Waals surface area contributed by atoms with Crippen molar-refractivity contribution >= 4 is 17.0 Å². The summed E-state index contributed by atoms with van der Waals surface area (Å²) >= 11 is 0. The Balaban J connectivity index is 2.97. The molecule has 1 N–H and O–H groups in total. The molecule has 2 heterocycles. The first-order chi connectivity index (χ1) is 8.88. The standard InChI is InChI=1S/C13H17N3O3/c1-5-15-12-11(8(3)14-15)7(2)6-10(17)16(12)9(4)13(18)19/h6,9H,5H2,1-4H3,(H,18,19). The van der Waals surface area contributed by atoms with E-state index in [2.05, 4.69) is 5.10 Å². The molecule has 0 aliphatic carbocycles. The molecule has 1 unspecified atom stereocenters. The predicted molar refractivity (Wildman–Crippen MR) is 71.5 cm³/mol. The molecule has 6 nitrogen and oxygen atoms in total. The molecule has 1 atom stereocenters. The average Bonchev–Trinajstić information content (AvgIpc) is 2.66. The average molecular weight is 263 g/mol. The lowest BCUT2D eigenvalue weighted by Crippen LogP contribution is -2.29. The molecular formula is C13H17N3O3. The SMILES string of the molecule is CCn1nc(C)c2c(C)cc(=O)n(C(C)C(=O)O)c21. The third-order valence-electron chi connectivity index (χ3n) is 3.34. The molecule has 0 aromatic carbocycles. The molecule has 0 aliphatic heterocycles. The topological polar surface area (TPSA) is 77.1 Å². The van der Waals surface area contributed by atoms with E-state index in [0.29, 0.717) is 12.2 Å². The highest BCUT2D eigenvalue weighted by molar-refractivity contribution is 5.84. The Morgan fingerprint density at radius 1 is 1.47 bits per heavy atom. The Morgan fingerprint density at radius 2 is 2.11 bits per heavy atom. The van der Waals surface area contributed by atoms with Gasteiger partial charge >= 0.3 is 5.97 Å². The summed E-state index contributed by atoms with van der Waals surface area (Å²) in [6, 6.07) is 0.549. The van der Waals surface area contributed by atoms with Crippen molar-refractivity contribution in [2.75, 3.05) is 0 Å². The Labute approximate surface area is 110 Å². The lowest BCUT2D eigenvalue weighted by molar-refractivity contribution is -0.140. The number of carboxylic acids is 1. The van der Waals surface area contributed by atoms with Crippen LogP contribution < -0.4 is 5.56 Å². The van der Waals surface area contributed by atoms with Gasteiger partial charge in [0.1, 0.15) is 11.7 Å². The second-order valence-corrected chi connectivity index (χ2v) is 4.65. The summed E-state index contributed by atoms with van der Waals surface area (Å²) in [5.74, 6) is -1.03. The molecule has 19 heavy (non-hydrogen) atoms. The van der Waals surface area contributed by atoms with Crippen LogP contribution in [0.25, 0.3) is 11.0 Å². The number of hydrogen-bond donors (Lipinski definition) is 1. The second kappa shape index (κ2) is 4.53. The predicted octanol–water partition coefficient (Wildman–Crippen LogP) is 1.48. The van der Waals surface area contributed by atoms with E-state index in [9.17, 15) is 9.59 Å². The molecule has 2 aromatic heterocycles. The van der Waals surface area contributed by atoms with E-state index in [-0.39, 0.29) is 5.56 Å². The lowest BCUT2D eigenvalue weighted by Gasteiger charge is -2.14. The van der Waals surface area contributed by atoms with Crippen LogP contribution in [-0.2, 0) is 11.3 Å². The van der Waals surface area contributed by atoms with Gasteiger partial charge in [0.05, 0.1) is 5.69 Å². The summed E-state index contributed by atoms with van der Waals surface area (Å²) in [5.41, 5.74) is 1.90. The quantitative estimate of drug-likeness (QED) is 0.910. The number of aromatic nitrogens is 3. The summed E-state index contributed by atoms with van der Waals surface area (Å²) < 4.78 is 2.98. The van der Waals surface area contributed by atoms with Gasteiger partial charge in [0.25, 0.3) is 5.56 Å².